The molecular formula is C62H123F9O4Si3. The molecule has 470 valence electrons. The first-order valence-electron chi connectivity index (χ1n) is 32.9. The molecule has 0 amide bonds. The molecule has 0 rings (SSSR count). The summed E-state index contributed by atoms with van der Waals surface area (Å²) in [6, 6.07) is 2.91. The lowest BCUT2D eigenvalue weighted by atomic mass is 10.0. The van der Waals surface area contributed by atoms with E-state index in [0.717, 1.165) is 95.2 Å². The van der Waals surface area contributed by atoms with Crippen molar-refractivity contribution in [1.82, 2.24) is 0 Å². The lowest BCUT2D eigenvalue weighted by Crippen LogP contribution is -2.57. The second-order valence-corrected chi connectivity index (χ2v) is 35.1. The molecule has 0 aromatic rings. The lowest BCUT2D eigenvalue weighted by Gasteiger charge is -2.41. The minimum atomic E-state index is -4.02. The number of halogens is 9. The predicted octanol–water partition coefficient (Wildman–Crippen LogP) is 25.1. The van der Waals surface area contributed by atoms with Gasteiger partial charge in [0.1, 0.15) is 0 Å². The molecule has 0 aliphatic rings. The van der Waals surface area contributed by atoms with Crippen LogP contribution in [0.2, 0.25) is 37.8 Å². The molecule has 0 aromatic heterocycles. The second kappa shape index (κ2) is 50.2. The first-order valence-corrected chi connectivity index (χ1v) is 40.4. The van der Waals surface area contributed by atoms with Gasteiger partial charge in [0.25, 0.3) is 0 Å². The van der Waals surface area contributed by atoms with Crippen molar-refractivity contribution in [3.63, 3.8) is 0 Å². The third kappa shape index (κ3) is 56.3. The molecule has 0 aromatic carbocycles. The highest BCUT2D eigenvalue weighted by Crippen LogP contribution is 2.33. The van der Waals surface area contributed by atoms with Gasteiger partial charge in [-0.05, 0) is 57.0 Å². The Labute approximate surface area is 478 Å². The Bertz CT molecular complexity index is 1220. The van der Waals surface area contributed by atoms with E-state index in [4.69, 9.17) is 17.1 Å². The van der Waals surface area contributed by atoms with Crippen molar-refractivity contribution in [2.45, 2.75) is 384 Å². The van der Waals surface area contributed by atoms with Crippen LogP contribution in [-0.4, -0.2) is 58.4 Å². The quantitative estimate of drug-likeness (QED) is 0.0345. The van der Waals surface area contributed by atoms with Crippen LogP contribution in [-0.2, 0) is 17.1 Å². The molecule has 0 N–H and O–H groups in total. The van der Waals surface area contributed by atoms with Gasteiger partial charge in [0.05, 0.1) is 0 Å². The van der Waals surface area contributed by atoms with Gasteiger partial charge in [-0.25, -0.2) is 0 Å². The van der Waals surface area contributed by atoms with E-state index in [1.165, 1.54) is 193 Å². The lowest BCUT2D eigenvalue weighted by molar-refractivity contribution is -0.136. The monoisotopic (exact) mass is 1190 g/mol. The van der Waals surface area contributed by atoms with Crippen LogP contribution in [0.25, 0.3) is 0 Å². The van der Waals surface area contributed by atoms with Gasteiger partial charge in [-0.1, -0.05) is 289 Å². The van der Waals surface area contributed by atoms with E-state index in [1.807, 2.05) is 14.2 Å². The largest absolute Gasteiger partial charge is 0.415 e. The summed E-state index contributed by atoms with van der Waals surface area (Å²) in [7, 11) is -3.94. The van der Waals surface area contributed by atoms with E-state index < -0.39 is 63.5 Å². The van der Waals surface area contributed by atoms with E-state index in [0.29, 0.717) is 19.3 Å². The third-order valence-electron chi connectivity index (χ3n) is 16.3. The summed E-state index contributed by atoms with van der Waals surface area (Å²) in [6.07, 6.45) is 39.1. The highest BCUT2D eigenvalue weighted by atomic mass is 28.5. The maximum Gasteiger partial charge on any atom is 0.389 e. The number of hydrogen-bond donors (Lipinski definition) is 0. The fraction of sp³-hybridized carbons (Fsp3) is 1.00. The van der Waals surface area contributed by atoms with E-state index in [1.54, 1.807) is 0 Å². The summed E-state index contributed by atoms with van der Waals surface area (Å²) in [5.41, 5.74) is 0. The van der Waals surface area contributed by atoms with Crippen molar-refractivity contribution in [2.24, 2.45) is 0 Å². The zero-order chi connectivity index (χ0) is 58.0. The Balaban J connectivity index is 4.72. The van der Waals surface area contributed by atoms with Crippen molar-refractivity contribution in [1.29, 1.82) is 0 Å². The normalized spacial score (nSPS) is 15.0. The first-order chi connectivity index (χ1) is 37.2. The molecule has 0 aliphatic carbocycles. The topological polar surface area (TPSA) is 36.9 Å². The molecule has 0 aliphatic heterocycles. The SMILES string of the molecule is CO[Si](C)(CCCCCCCCCCCCCCCCCCC(F)(F)F)O[Si](C)(CCCCCCCCCCCCCCCCCCC(F)(F)F)O[Si](C)(CCCCCCCCCCCCCCCCCCC(F)(F)F)OC. The smallest absolute Gasteiger partial charge is 0.389 e. The zero-order valence-corrected chi connectivity index (χ0v) is 54.2. The highest BCUT2D eigenvalue weighted by Gasteiger charge is 2.47. The van der Waals surface area contributed by atoms with Crippen LogP contribution < -0.4 is 0 Å². The summed E-state index contributed by atoms with van der Waals surface area (Å²) >= 11 is 0. The first kappa shape index (κ1) is 77.9. The molecular weight excluding hydrogens is 1060 g/mol. The average Bonchev–Trinajstić information content (AvgIpc) is 3.37. The minimum Gasteiger partial charge on any atom is -0.415 e. The number of rotatable bonds is 60. The van der Waals surface area contributed by atoms with Gasteiger partial charge in [-0.3, -0.25) is 0 Å². The van der Waals surface area contributed by atoms with Crippen LogP contribution in [0.15, 0.2) is 0 Å². The van der Waals surface area contributed by atoms with Crippen LogP contribution in [0.4, 0.5) is 39.5 Å². The number of unbranched alkanes of at least 4 members (excludes halogenated alkanes) is 45. The molecule has 2 unspecified atom stereocenters. The fourth-order valence-corrected chi connectivity index (χ4v) is 24.4. The average molecular weight is 1190 g/mol. The summed E-state index contributed by atoms with van der Waals surface area (Å²) in [4.78, 5) is 0. The molecule has 16 heteroatoms. The van der Waals surface area contributed by atoms with Crippen LogP contribution in [0.1, 0.15) is 327 Å². The highest BCUT2D eigenvalue weighted by molar-refractivity contribution is 6.85. The molecule has 0 spiro atoms. The van der Waals surface area contributed by atoms with Crippen LogP contribution in [0, 0.1) is 0 Å². The van der Waals surface area contributed by atoms with Crippen molar-refractivity contribution in [3.05, 3.63) is 0 Å². The molecule has 0 saturated carbocycles. The molecule has 0 heterocycles. The summed E-state index contributed by atoms with van der Waals surface area (Å²) in [5, 5.41) is 0. The van der Waals surface area contributed by atoms with Crippen molar-refractivity contribution in [2.75, 3.05) is 14.2 Å². The maximum atomic E-state index is 12.3. The summed E-state index contributed by atoms with van der Waals surface area (Å²) in [5.74, 6) is 0. The molecule has 2 atom stereocenters. The van der Waals surface area contributed by atoms with Crippen molar-refractivity contribution < 1.29 is 56.6 Å². The summed E-state index contributed by atoms with van der Waals surface area (Å²) in [6.45, 7) is 6.79. The van der Waals surface area contributed by atoms with E-state index in [2.05, 4.69) is 19.6 Å². The Morgan fingerprint density at radius 1 is 0.205 bits per heavy atom. The predicted molar refractivity (Wildman–Crippen MR) is 319 cm³/mol. The third-order valence-corrected chi connectivity index (χ3v) is 28.7. The van der Waals surface area contributed by atoms with E-state index in [9.17, 15) is 39.5 Å². The van der Waals surface area contributed by atoms with Gasteiger partial charge >= 0.3 is 44.2 Å². The second-order valence-electron chi connectivity index (χ2n) is 24.3. The fourth-order valence-electron chi connectivity index (χ4n) is 11.2. The number of hydrogen-bond acceptors (Lipinski definition) is 4. The van der Waals surface area contributed by atoms with Crippen molar-refractivity contribution in [3.8, 4) is 0 Å². The molecule has 0 radical (unpaired) electrons. The van der Waals surface area contributed by atoms with Gasteiger partial charge in [0.2, 0.25) is 0 Å². The van der Waals surface area contributed by atoms with Crippen LogP contribution >= 0.6 is 0 Å². The Hall–Kier alpha value is -0.139. The van der Waals surface area contributed by atoms with Crippen LogP contribution in [0.3, 0.4) is 0 Å². The van der Waals surface area contributed by atoms with E-state index >= 15 is 0 Å². The molecule has 0 fully saturated rings. The van der Waals surface area contributed by atoms with Gasteiger partial charge in [-0.15, -0.1) is 0 Å². The van der Waals surface area contributed by atoms with Gasteiger partial charge in [0.15, 0.2) is 0 Å². The molecule has 0 bridgehead atoms. The standard InChI is InChI=1S/C62H123F9O4Si3/c1-72-76(3,57-51-45-39-33-27-21-15-9-6-12-18-24-30-36-42-48-54-60(63,64)65)74-78(5,59-53-47-41-35-29-23-17-11-8-14-20-26-32-38-44-50-56-62(69,70)71)75-77(4,73-2)58-52-46-40-34-28-22-16-10-7-13-19-25-31-37-43-49-55-61(66,67)68/h6-59H2,1-5H3. The molecule has 4 nitrogen and oxygen atoms in total. The van der Waals surface area contributed by atoms with Gasteiger partial charge < -0.3 is 17.1 Å². The number of alkyl halides is 9. The maximum absolute atomic E-state index is 12.3. The van der Waals surface area contributed by atoms with Crippen molar-refractivity contribution >= 4 is 25.7 Å². The summed E-state index contributed by atoms with van der Waals surface area (Å²) < 4.78 is 138. The molecule has 0 saturated heterocycles. The van der Waals surface area contributed by atoms with Gasteiger partial charge in [-0.2, -0.15) is 39.5 Å². The molecule has 78 heavy (non-hydrogen) atoms. The Morgan fingerprint density at radius 2 is 0.333 bits per heavy atom. The Morgan fingerprint density at radius 3 is 0.474 bits per heavy atom. The van der Waals surface area contributed by atoms with Crippen LogP contribution in [0.5, 0.6) is 0 Å². The van der Waals surface area contributed by atoms with Gasteiger partial charge in [0, 0.05) is 33.5 Å². The van der Waals surface area contributed by atoms with E-state index in [-0.39, 0.29) is 19.3 Å². The Kier molecular flexibility index (Phi) is 50.1. The minimum absolute atomic E-state index is 0.266. The zero-order valence-electron chi connectivity index (χ0n) is 51.2.